The number of aromatic nitrogens is 1. The van der Waals surface area contributed by atoms with Crippen molar-refractivity contribution in [1.29, 1.82) is 5.26 Å². The van der Waals surface area contributed by atoms with E-state index in [0.717, 1.165) is 17.5 Å². The van der Waals surface area contributed by atoms with Crippen molar-refractivity contribution in [3.63, 3.8) is 0 Å². The largest absolute Gasteiger partial charge is 0.394 e. The average molecular weight is 267 g/mol. The summed E-state index contributed by atoms with van der Waals surface area (Å²) < 4.78 is 0. The van der Waals surface area contributed by atoms with Gasteiger partial charge in [0.25, 0.3) is 0 Å². The first-order valence-electron chi connectivity index (χ1n) is 6.61. The fourth-order valence-corrected chi connectivity index (χ4v) is 1.92. The Kier molecular flexibility index (Phi) is 4.70. The molecule has 1 atom stereocenters. The predicted octanol–water partition coefficient (Wildman–Crippen LogP) is 2.80. The van der Waals surface area contributed by atoms with E-state index >= 15 is 0 Å². The smallest absolute Gasteiger partial charge is 0.144 e. The quantitative estimate of drug-likeness (QED) is 0.874. The molecule has 1 aromatic heterocycles. The third-order valence-corrected chi connectivity index (χ3v) is 3.17. The lowest BCUT2D eigenvalue weighted by Crippen LogP contribution is -2.23. The van der Waals surface area contributed by atoms with Gasteiger partial charge in [0.15, 0.2) is 0 Å². The van der Waals surface area contributed by atoms with Crippen LogP contribution in [0.1, 0.15) is 18.9 Å². The van der Waals surface area contributed by atoms with E-state index in [9.17, 15) is 10.4 Å². The fraction of sp³-hybridized carbons (Fsp3) is 0.250. The zero-order valence-corrected chi connectivity index (χ0v) is 11.4. The van der Waals surface area contributed by atoms with E-state index in [1.165, 1.54) is 0 Å². The highest BCUT2D eigenvalue weighted by Crippen LogP contribution is 2.23. The van der Waals surface area contributed by atoms with Gasteiger partial charge >= 0.3 is 0 Å². The maximum atomic E-state index is 9.26. The van der Waals surface area contributed by atoms with Crippen LogP contribution < -0.4 is 5.32 Å². The second kappa shape index (κ2) is 6.69. The molecule has 102 valence electrons. The number of hydrogen-bond acceptors (Lipinski definition) is 4. The van der Waals surface area contributed by atoms with Gasteiger partial charge in [-0.3, -0.25) is 0 Å². The van der Waals surface area contributed by atoms with Gasteiger partial charge in [-0.05, 0) is 18.1 Å². The molecule has 20 heavy (non-hydrogen) atoms. The van der Waals surface area contributed by atoms with E-state index in [0.29, 0.717) is 11.4 Å². The van der Waals surface area contributed by atoms with E-state index in [4.69, 9.17) is 0 Å². The first kappa shape index (κ1) is 14.0. The van der Waals surface area contributed by atoms with E-state index in [2.05, 4.69) is 16.4 Å². The summed E-state index contributed by atoms with van der Waals surface area (Å²) in [7, 11) is 0. The van der Waals surface area contributed by atoms with Gasteiger partial charge in [0, 0.05) is 11.8 Å². The molecule has 4 heteroatoms. The first-order valence-corrected chi connectivity index (χ1v) is 6.61. The molecule has 1 heterocycles. The Morgan fingerprint density at radius 1 is 1.30 bits per heavy atom. The molecule has 2 aromatic rings. The molecule has 0 fully saturated rings. The molecule has 0 saturated carbocycles. The highest BCUT2D eigenvalue weighted by molar-refractivity contribution is 5.67. The Labute approximate surface area is 118 Å². The number of rotatable bonds is 5. The SMILES string of the molecule is CC[C@@H](CO)Nc1ncc(-c2ccccc2)cc1C#N. The highest BCUT2D eigenvalue weighted by Gasteiger charge is 2.10. The number of nitrogens with zero attached hydrogens (tertiary/aromatic N) is 2. The number of anilines is 1. The number of hydrogen-bond donors (Lipinski definition) is 2. The topological polar surface area (TPSA) is 68.9 Å². The van der Waals surface area contributed by atoms with Gasteiger partial charge < -0.3 is 10.4 Å². The zero-order chi connectivity index (χ0) is 14.4. The molecular weight excluding hydrogens is 250 g/mol. The molecule has 0 radical (unpaired) electrons. The zero-order valence-electron chi connectivity index (χ0n) is 11.4. The predicted molar refractivity (Wildman–Crippen MR) is 79.2 cm³/mol. The fourth-order valence-electron chi connectivity index (χ4n) is 1.92. The van der Waals surface area contributed by atoms with Crippen LogP contribution in [0.4, 0.5) is 5.82 Å². The van der Waals surface area contributed by atoms with Crippen LogP contribution in [0.15, 0.2) is 42.6 Å². The molecule has 0 aliphatic rings. The standard InChI is InChI=1S/C16H17N3O/c1-2-15(11-20)19-16-13(9-17)8-14(10-18-16)12-6-4-3-5-7-12/h3-8,10,15,20H,2,11H2,1H3,(H,18,19)/t15-/m0/s1. The normalized spacial score (nSPS) is 11.7. The van der Waals surface area contributed by atoms with E-state index < -0.39 is 0 Å². The van der Waals surface area contributed by atoms with Gasteiger partial charge in [0.05, 0.1) is 18.2 Å². The first-order chi connectivity index (χ1) is 9.78. The maximum Gasteiger partial charge on any atom is 0.144 e. The molecule has 0 aliphatic carbocycles. The summed E-state index contributed by atoms with van der Waals surface area (Å²) in [6.45, 7) is 1.99. The minimum Gasteiger partial charge on any atom is -0.394 e. The van der Waals surface area contributed by atoms with Gasteiger partial charge in [-0.25, -0.2) is 4.98 Å². The lowest BCUT2D eigenvalue weighted by Gasteiger charge is -2.16. The average Bonchev–Trinajstić information content (AvgIpc) is 2.53. The van der Waals surface area contributed by atoms with Crippen molar-refractivity contribution in [1.82, 2.24) is 4.98 Å². The van der Waals surface area contributed by atoms with Crippen molar-refractivity contribution in [2.45, 2.75) is 19.4 Å². The summed E-state index contributed by atoms with van der Waals surface area (Å²) in [5, 5.41) is 21.6. The molecule has 0 bridgehead atoms. The number of nitrogens with one attached hydrogen (secondary N) is 1. The minimum atomic E-state index is -0.0859. The molecule has 0 unspecified atom stereocenters. The van der Waals surface area contributed by atoms with Gasteiger partial charge in [-0.15, -0.1) is 0 Å². The Morgan fingerprint density at radius 3 is 2.65 bits per heavy atom. The van der Waals surface area contributed by atoms with Gasteiger partial charge in [0.2, 0.25) is 0 Å². The minimum absolute atomic E-state index is 0.0173. The second-order valence-electron chi connectivity index (χ2n) is 4.53. The monoisotopic (exact) mass is 267 g/mol. The third kappa shape index (κ3) is 3.14. The molecule has 2 rings (SSSR count). The molecule has 4 nitrogen and oxygen atoms in total. The van der Waals surface area contributed by atoms with E-state index in [1.807, 2.05) is 43.3 Å². The molecule has 0 saturated heterocycles. The van der Waals surface area contributed by atoms with Crippen molar-refractivity contribution in [2.24, 2.45) is 0 Å². The number of benzene rings is 1. The number of aliphatic hydroxyl groups is 1. The van der Waals surface area contributed by atoms with E-state index in [-0.39, 0.29) is 12.6 Å². The molecular formula is C16H17N3O. The summed E-state index contributed by atoms with van der Waals surface area (Å²) >= 11 is 0. The lowest BCUT2D eigenvalue weighted by molar-refractivity contribution is 0.271. The molecule has 1 aromatic carbocycles. The van der Waals surface area contributed by atoms with Crippen LogP contribution >= 0.6 is 0 Å². The molecule has 0 spiro atoms. The van der Waals surface area contributed by atoms with E-state index in [1.54, 1.807) is 6.20 Å². The summed E-state index contributed by atoms with van der Waals surface area (Å²) in [4.78, 5) is 4.32. The lowest BCUT2D eigenvalue weighted by atomic mass is 10.1. The van der Waals surface area contributed by atoms with Crippen molar-refractivity contribution >= 4 is 5.82 Å². The summed E-state index contributed by atoms with van der Waals surface area (Å²) in [5.41, 5.74) is 2.42. The van der Waals surface area contributed by atoms with Crippen LogP contribution in [0, 0.1) is 11.3 Å². The van der Waals surface area contributed by atoms with Crippen molar-refractivity contribution in [3.05, 3.63) is 48.2 Å². The number of nitriles is 1. The van der Waals surface area contributed by atoms with Crippen LogP contribution in [-0.2, 0) is 0 Å². The highest BCUT2D eigenvalue weighted by atomic mass is 16.3. The third-order valence-electron chi connectivity index (χ3n) is 3.17. The second-order valence-corrected chi connectivity index (χ2v) is 4.53. The van der Waals surface area contributed by atoms with Gasteiger partial charge in [0.1, 0.15) is 11.9 Å². The number of aliphatic hydroxyl groups excluding tert-OH is 1. The maximum absolute atomic E-state index is 9.26. The van der Waals surface area contributed by atoms with Crippen molar-refractivity contribution in [2.75, 3.05) is 11.9 Å². The van der Waals surface area contributed by atoms with Crippen molar-refractivity contribution in [3.8, 4) is 17.2 Å². The van der Waals surface area contributed by atoms with Gasteiger partial charge in [-0.1, -0.05) is 37.3 Å². The summed E-state index contributed by atoms with van der Waals surface area (Å²) in [6.07, 6.45) is 2.51. The van der Waals surface area contributed by atoms with Crippen LogP contribution in [-0.4, -0.2) is 22.7 Å². The van der Waals surface area contributed by atoms with Crippen LogP contribution in [0.3, 0.4) is 0 Å². The van der Waals surface area contributed by atoms with Gasteiger partial charge in [-0.2, -0.15) is 5.26 Å². The Bertz CT molecular complexity index is 601. The van der Waals surface area contributed by atoms with Crippen LogP contribution in [0.2, 0.25) is 0 Å². The Hall–Kier alpha value is -2.38. The summed E-state index contributed by atoms with van der Waals surface area (Å²) in [6, 6.07) is 13.7. The molecule has 2 N–H and O–H groups in total. The molecule has 0 aliphatic heterocycles. The van der Waals surface area contributed by atoms with Crippen LogP contribution in [0.25, 0.3) is 11.1 Å². The number of pyridine rings is 1. The Balaban J connectivity index is 2.32. The van der Waals surface area contributed by atoms with Crippen LogP contribution in [0.5, 0.6) is 0 Å². The summed E-state index contributed by atoms with van der Waals surface area (Å²) in [5.74, 6) is 0.521. The Morgan fingerprint density at radius 2 is 2.05 bits per heavy atom. The molecule has 0 amide bonds. The van der Waals surface area contributed by atoms with Crippen molar-refractivity contribution < 1.29 is 5.11 Å².